The molecule has 0 radical (unpaired) electrons. The van der Waals surface area contributed by atoms with Gasteiger partial charge in [0.2, 0.25) is 0 Å². The number of nitro benzene ring substituents is 4. The number of hydrogen-bond donors (Lipinski definition) is 1. The van der Waals surface area contributed by atoms with Crippen LogP contribution in [-0.4, -0.2) is 34.2 Å². The summed E-state index contributed by atoms with van der Waals surface area (Å²) in [5.74, 6) is -1.21. The van der Waals surface area contributed by atoms with Gasteiger partial charge in [0.15, 0.2) is 5.65 Å². The Morgan fingerprint density at radius 3 is 1.89 bits per heavy atom. The highest BCUT2D eigenvalue weighted by atomic mass is 35.5. The smallest absolute Gasteiger partial charge is 0.324 e. The average molecular weight is 537 g/mol. The predicted molar refractivity (Wildman–Crippen MR) is 125 cm³/mol. The van der Waals surface area contributed by atoms with Crippen LogP contribution in [0, 0.1) is 40.5 Å². The lowest BCUT2D eigenvalue weighted by molar-refractivity contribution is -0.404. The number of aromatic nitrogens is 2. The normalized spacial score (nSPS) is 10.4. The van der Waals surface area contributed by atoms with Gasteiger partial charge in [0, 0.05) is 30.1 Å². The zero-order valence-electron chi connectivity index (χ0n) is 17.3. The van der Waals surface area contributed by atoms with Crippen molar-refractivity contribution in [3.63, 3.8) is 0 Å². The minimum atomic E-state index is -1.21. The standard InChI is InChI=1S/C13H7Cl2N3O2.C6H3N3O7/c14-9-5-11(15)13-16-12(7-17(13)6-9)8-2-1-3-10(4-8)18(19)20;10-6-4(8(13)14)1-3(7(11)12)2-5(6)9(15)16/h1-7H;1-2,10H. The molecule has 0 unspecified atom stereocenters. The molecule has 0 atom stereocenters. The molecule has 0 saturated heterocycles. The number of hydrogen-bond acceptors (Lipinski definition) is 10. The topological polar surface area (TPSA) is 210 Å². The van der Waals surface area contributed by atoms with Crippen molar-refractivity contribution >= 4 is 51.6 Å². The lowest BCUT2D eigenvalue weighted by atomic mass is 10.1. The number of halogens is 2. The van der Waals surface area contributed by atoms with Gasteiger partial charge in [-0.15, -0.1) is 0 Å². The van der Waals surface area contributed by atoms with E-state index in [2.05, 4.69) is 4.98 Å². The van der Waals surface area contributed by atoms with E-state index in [9.17, 15) is 40.5 Å². The second kappa shape index (κ2) is 10.2. The van der Waals surface area contributed by atoms with E-state index in [-0.39, 0.29) is 5.69 Å². The fraction of sp³-hybridized carbons (Fsp3) is 0. The van der Waals surface area contributed by atoms with Gasteiger partial charge in [-0.25, -0.2) is 4.98 Å². The lowest BCUT2D eigenvalue weighted by Crippen LogP contribution is -1.97. The Balaban J connectivity index is 0.000000207. The quantitative estimate of drug-likeness (QED) is 0.255. The molecular weight excluding hydrogens is 527 g/mol. The van der Waals surface area contributed by atoms with Gasteiger partial charge in [-0.3, -0.25) is 40.5 Å². The first-order valence-corrected chi connectivity index (χ1v) is 10.0. The number of aromatic hydroxyl groups is 1. The van der Waals surface area contributed by atoms with Crippen LogP contribution in [0.25, 0.3) is 16.9 Å². The molecule has 184 valence electrons. The molecule has 4 aromatic rings. The number of phenolic OH excluding ortho intramolecular Hbond substituents is 1. The highest BCUT2D eigenvalue weighted by Crippen LogP contribution is 2.39. The molecule has 0 bridgehead atoms. The summed E-state index contributed by atoms with van der Waals surface area (Å²) in [6.07, 6.45) is 3.41. The van der Waals surface area contributed by atoms with Crippen LogP contribution in [0.5, 0.6) is 5.75 Å². The van der Waals surface area contributed by atoms with Crippen molar-refractivity contribution in [2.45, 2.75) is 0 Å². The fourth-order valence-electron chi connectivity index (χ4n) is 2.92. The molecule has 0 aliphatic carbocycles. The molecule has 17 heteroatoms. The molecule has 2 aromatic carbocycles. The summed E-state index contributed by atoms with van der Waals surface area (Å²) in [5.41, 5.74) is -1.19. The number of phenols is 1. The summed E-state index contributed by atoms with van der Waals surface area (Å²) < 4.78 is 1.69. The van der Waals surface area contributed by atoms with Crippen LogP contribution in [0.1, 0.15) is 0 Å². The lowest BCUT2D eigenvalue weighted by Gasteiger charge is -1.97. The Morgan fingerprint density at radius 1 is 0.778 bits per heavy atom. The van der Waals surface area contributed by atoms with Gasteiger partial charge in [-0.2, -0.15) is 0 Å². The van der Waals surface area contributed by atoms with E-state index in [0.717, 1.165) is 0 Å². The summed E-state index contributed by atoms with van der Waals surface area (Å²) in [4.78, 5) is 42.5. The molecule has 0 fully saturated rings. The van der Waals surface area contributed by atoms with Crippen LogP contribution in [0.15, 0.2) is 54.9 Å². The molecule has 4 rings (SSSR count). The molecule has 0 saturated carbocycles. The molecule has 0 aliphatic heterocycles. The molecule has 36 heavy (non-hydrogen) atoms. The first-order valence-electron chi connectivity index (χ1n) is 9.27. The number of nitro groups is 4. The van der Waals surface area contributed by atoms with Gasteiger partial charge in [0.25, 0.3) is 17.1 Å². The zero-order chi connectivity index (χ0) is 26.7. The summed E-state index contributed by atoms with van der Waals surface area (Å²) in [6, 6.07) is 8.77. The maximum absolute atomic E-state index is 10.8. The fourth-order valence-corrected chi connectivity index (χ4v) is 3.44. The largest absolute Gasteiger partial charge is 0.497 e. The Morgan fingerprint density at radius 2 is 1.36 bits per heavy atom. The third-order valence-corrected chi connectivity index (χ3v) is 4.97. The first kappa shape index (κ1) is 25.7. The Bertz CT molecular complexity index is 1520. The van der Waals surface area contributed by atoms with Crippen molar-refractivity contribution in [2.24, 2.45) is 0 Å². The summed E-state index contributed by atoms with van der Waals surface area (Å²) >= 11 is 12.0. The number of non-ortho nitro benzene ring substituents is 2. The molecule has 2 heterocycles. The van der Waals surface area contributed by atoms with Gasteiger partial charge in [0.05, 0.1) is 47.6 Å². The van der Waals surface area contributed by atoms with E-state index >= 15 is 0 Å². The first-order chi connectivity index (χ1) is 16.9. The minimum Gasteiger partial charge on any atom is -0.497 e. The SMILES string of the molecule is O=[N+]([O-])c1cc([N+](=O)[O-])c(O)c([N+](=O)[O-])c1.O=[N+]([O-])c1cccc(-c2cn3cc(Cl)cc(Cl)c3n2)c1. The molecule has 0 amide bonds. The Kier molecular flexibility index (Phi) is 7.26. The number of fused-ring (bicyclic) bond motifs is 1. The van der Waals surface area contributed by atoms with Crippen molar-refractivity contribution in [3.8, 4) is 17.0 Å². The van der Waals surface area contributed by atoms with Gasteiger partial charge in [-0.1, -0.05) is 35.3 Å². The predicted octanol–water partition coefficient (Wildman–Crippen LogP) is 5.33. The highest BCUT2D eigenvalue weighted by molar-refractivity contribution is 6.36. The van der Waals surface area contributed by atoms with E-state index in [4.69, 9.17) is 28.3 Å². The summed E-state index contributed by atoms with van der Waals surface area (Å²) in [7, 11) is 0. The number of pyridine rings is 1. The van der Waals surface area contributed by atoms with E-state index in [0.29, 0.717) is 39.1 Å². The Hall–Kier alpha value is -4.89. The van der Waals surface area contributed by atoms with Crippen molar-refractivity contribution in [3.05, 3.63) is 105 Å². The molecular formula is C19H10Cl2N6O9. The van der Waals surface area contributed by atoms with Crippen molar-refractivity contribution in [2.75, 3.05) is 0 Å². The van der Waals surface area contributed by atoms with E-state index in [1.165, 1.54) is 12.1 Å². The van der Waals surface area contributed by atoms with Crippen LogP contribution in [0.3, 0.4) is 0 Å². The second-order valence-electron chi connectivity index (χ2n) is 6.77. The van der Waals surface area contributed by atoms with E-state index in [1.807, 2.05) is 0 Å². The highest BCUT2D eigenvalue weighted by Gasteiger charge is 2.30. The van der Waals surface area contributed by atoms with Crippen LogP contribution >= 0.6 is 23.2 Å². The van der Waals surface area contributed by atoms with Gasteiger partial charge in [-0.05, 0) is 6.07 Å². The molecule has 0 spiro atoms. The van der Waals surface area contributed by atoms with Gasteiger partial charge in [0.1, 0.15) is 0 Å². The third kappa shape index (κ3) is 5.43. The number of rotatable bonds is 5. The van der Waals surface area contributed by atoms with Crippen LogP contribution < -0.4 is 0 Å². The monoisotopic (exact) mass is 536 g/mol. The van der Waals surface area contributed by atoms with Crippen LogP contribution in [0.2, 0.25) is 10.0 Å². The Labute approximate surface area is 208 Å². The zero-order valence-corrected chi connectivity index (χ0v) is 18.9. The van der Waals surface area contributed by atoms with Crippen LogP contribution in [-0.2, 0) is 0 Å². The summed E-state index contributed by atoms with van der Waals surface area (Å²) in [6.45, 7) is 0. The van der Waals surface area contributed by atoms with E-state index in [1.54, 1.807) is 35.0 Å². The third-order valence-electron chi connectivity index (χ3n) is 4.48. The average Bonchev–Trinajstić information content (AvgIpc) is 3.23. The summed E-state index contributed by atoms with van der Waals surface area (Å²) in [5, 5.41) is 51.9. The molecule has 1 N–H and O–H groups in total. The maximum atomic E-state index is 10.8. The molecule has 2 aromatic heterocycles. The van der Waals surface area contributed by atoms with Gasteiger partial charge < -0.3 is 9.51 Å². The maximum Gasteiger partial charge on any atom is 0.324 e. The molecule has 15 nitrogen and oxygen atoms in total. The molecule has 0 aliphatic rings. The second-order valence-corrected chi connectivity index (χ2v) is 7.62. The number of imidazole rings is 1. The minimum absolute atomic E-state index is 0.0173. The van der Waals surface area contributed by atoms with E-state index < -0.39 is 42.5 Å². The van der Waals surface area contributed by atoms with Crippen molar-refractivity contribution in [1.29, 1.82) is 0 Å². The van der Waals surface area contributed by atoms with Gasteiger partial charge >= 0.3 is 11.4 Å². The number of nitrogens with zero attached hydrogens (tertiary/aromatic N) is 6. The van der Waals surface area contributed by atoms with Crippen molar-refractivity contribution < 1.29 is 24.8 Å². The number of benzene rings is 2. The van der Waals surface area contributed by atoms with Crippen molar-refractivity contribution in [1.82, 2.24) is 9.38 Å². The van der Waals surface area contributed by atoms with Crippen LogP contribution in [0.4, 0.5) is 22.7 Å².